The van der Waals surface area contributed by atoms with Crippen LogP contribution in [0.1, 0.15) is 35.6 Å². The van der Waals surface area contributed by atoms with Crippen LogP contribution in [-0.4, -0.2) is 33.7 Å². The lowest BCUT2D eigenvalue weighted by Gasteiger charge is -2.58. The van der Waals surface area contributed by atoms with Gasteiger partial charge in [0, 0.05) is 35.9 Å². The Hall–Kier alpha value is -2.77. The maximum Gasteiger partial charge on any atom is 0.419 e. The largest absolute Gasteiger partial charge is 0.419 e. The summed E-state index contributed by atoms with van der Waals surface area (Å²) < 4.78 is 54.1. The van der Waals surface area contributed by atoms with Crippen molar-refractivity contribution in [1.82, 2.24) is 4.98 Å². The molecule has 3 fully saturated rings. The van der Waals surface area contributed by atoms with Gasteiger partial charge in [-0.1, -0.05) is 30.3 Å². The average molecular weight is 472 g/mol. The van der Waals surface area contributed by atoms with Crippen molar-refractivity contribution in [3.05, 3.63) is 89.9 Å². The standard InChI is InChI=1S/C27H27F4N2O/c1-2-18-16-33(15-17-7-8-22(23(28)13-17)27(29,30)31)12-10-19(18)14-25(33)26(34)21-9-11-32-24-6-4-3-5-20(21)24/h2-9,11,13,18-19,25-26,34H,1,10,12,14-16H2/q+1/t18-,19-,25+,26-,33?/m0/s1. The number of quaternary nitrogens is 1. The summed E-state index contributed by atoms with van der Waals surface area (Å²) >= 11 is 0. The number of alkyl halides is 3. The van der Waals surface area contributed by atoms with Crippen LogP contribution in [0, 0.1) is 17.7 Å². The van der Waals surface area contributed by atoms with Gasteiger partial charge in [0.25, 0.3) is 0 Å². The number of para-hydroxylation sites is 1. The van der Waals surface area contributed by atoms with Crippen LogP contribution in [-0.2, 0) is 12.7 Å². The van der Waals surface area contributed by atoms with Gasteiger partial charge >= 0.3 is 6.18 Å². The number of fused-ring (bicyclic) bond motifs is 4. The number of benzene rings is 2. The Bertz CT molecular complexity index is 1220. The first-order valence-corrected chi connectivity index (χ1v) is 11.6. The van der Waals surface area contributed by atoms with E-state index in [0.29, 0.717) is 22.5 Å². The highest BCUT2D eigenvalue weighted by atomic mass is 19.4. The van der Waals surface area contributed by atoms with Crippen molar-refractivity contribution in [2.45, 2.75) is 37.7 Å². The summed E-state index contributed by atoms with van der Waals surface area (Å²) in [5, 5.41) is 12.6. The third-order valence-electron chi connectivity index (χ3n) is 7.88. The highest BCUT2D eigenvalue weighted by molar-refractivity contribution is 5.82. The Balaban J connectivity index is 1.53. The lowest BCUT2D eigenvalue weighted by molar-refractivity contribution is -0.984. The van der Waals surface area contributed by atoms with E-state index >= 15 is 0 Å². The summed E-state index contributed by atoms with van der Waals surface area (Å²) in [5.74, 6) is -0.604. The van der Waals surface area contributed by atoms with Crippen LogP contribution in [0.3, 0.4) is 0 Å². The van der Waals surface area contributed by atoms with E-state index in [1.165, 1.54) is 6.07 Å². The van der Waals surface area contributed by atoms with Gasteiger partial charge in [0.05, 0.1) is 24.2 Å². The highest BCUT2D eigenvalue weighted by Gasteiger charge is 2.54. The van der Waals surface area contributed by atoms with Gasteiger partial charge < -0.3 is 9.59 Å². The van der Waals surface area contributed by atoms with E-state index in [1.807, 2.05) is 36.4 Å². The molecule has 4 heterocycles. The number of hydrogen-bond acceptors (Lipinski definition) is 2. The zero-order valence-corrected chi connectivity index (χ0v) is 18.7. The van der Waals surface area contributed by atoms with Gasteiger partial charge in [-0.2, -0.15) is 13.2 Å². The number of aliphatic hydroxyl groups excluding tert-OH is 1. The Morgan fingerprint density at radius 2 is 1.97 bits per heavy atom. The molecule has 6 rings (SSSR count). The topological polar surface area (TPSA) is 33.1 Å². The number of pyridine rings is 1. The zero-order valence-electron chi connectivity index (χ0n) is 18.7. The Morgan fingerprint density at radius 1 is 1.18 bits per heavy atom. The first-order chi connectivity index (χ1) is 16.2. The van der Waals surface area contributed by atoms with Crippen molar-refractivity contribution >= 4 is 10.9 Å². The first kappa shape index (κ1) is 23.0. The maximum atomic E-state index is 14.4. The second kappa shape index (κ2) is 8.47. The Labute approximate surface area is 195 Å². The minimum atomic E-state index is -4.73. The van der Waals surface area contributed by atoms with Crippen LogP contribution in [0.25, 0.3) is 10.9 Å². The van der Waals surface area contributed by atoms with Crippen LogP contribution in [0.2, 0.25) is 0 Å². The molecule has 0 spiro atoms. The van der Waals surface area contributed by atoms with Gasteiger partial charge in [-0.25, -0.2) is 4.39 Å². The molecule has 0 radical (unpaired) electrons. The quantitative estimate of drug-likeness (QED) is 0.280. The van der Waals surface area contributed by atoms with E-state index in [0.717, 1.165) is 54.5 Å². The average Bonchev–Trinajstić information content (AvgIpc) is 2.82. The molecule has 2 aromatic carbocycles. The molecule has 34 heavy (non-hydrogen) atoms. The second-order valence-electron chi connectivity index (χ2n) is 9.71. The Morgan fingerprint density at radius 3 is 2.71 bits per heavy atom. The van der Waals surface area contributed by atoms with Crippen molar-refractivity contribution in [3.8, 4) is 0 Å². The van der Waals surface area contributed by atoms with E-state index in [9.17, 15) is 22.7 Å². The minimum Gasteiger partial charge on any atom is -0.382 e. The second-order valence-corrected chi connectivity index (χ2v) is 9.71. The number of piperidine rings is 3. The molecule has 1 N–H and O–H groups in total. The lowest BCUT2D eigenvalue weighted by Crippen LogP contribution is -2.67. The van der Waals surface area contributed by atoms with Crippen molar-refractivity contribution in [2.24, 2.45) is 11.8 Å². The third-order valence-corrected chi connectivity index (χ3v) is 7.88. The smallest absolute Gasteiger partial charge is 0.382 e. The van der Waals surface area contributed by atoms with Gasteiger partial charge in [0.1, 0.15) is 24.5 Å². The molecule has 3 nitrogen and oxygen atoms in total. The molecular weight excluding hydrogens is 444 g/mol. The summed E-state index contributed by atoms with van der Waals surface area (Å²) in [7, 11) is 0. The molecule has 3 saturated heterocycles. The maximum absolute atomic E-state index is 14.4. The fourth-order valence-corrected chi connectivity index (χ4v) is 6.21. The van der Waals surface area contributed by atoms with E-state index in [2.05, 4.69) is 11.6 Å². The fourth-order valence-electron chi connectivity index (χ4n) is 6.21. The number of aliphatic hydroxyl groups is 1. The van der Waals surface area contributed by atoms with E-state index in [4.69, 9.17) is 0 Å². The summed E-state index contributed by atoms with van der Waals surface area (Å²) in [4.78, 5) is 4.40. The summed E-state index contributed by atoms with van der Waals surface area (Å²) in [6.07, 6.45) is -0.139. The van der Waals surface area contributed by atoms with Gasteiger partial charge in [-0.15, -0.1) is 6.58 Å². The molecule has 5 atom stereocenters. The molecular formula is C27H27F4N2O+. The van der Waals surface area contributed by atoms with E-state index in [1.54, 1.807) is 6.20 Å². The molecule has 3 aliphatic rings. The van der Waals surface area contributed by atoms with Crippen molar-refractivity contribution < 1.29 is 27.2 Å². The molecule has 7 heteroatoms. The number of rotatable bonds is 5. The van der Waals surface area contributed by atoms with Crippen molar-refractivity contribution in [1.29, 1.82) is 0 Å². The van der Waals surface area contributed by atoms with Gasteiger partial charge in [0.15, 0.2) is 0 Å². The summed E-state index contributed by atoms with van der Waals surface area (Å²) in [6, 6.07) is 12.5. The zero-order chi connectivity index (χ0) is 24.1. The molecule has 3 aromatic rings. The fraction of sp³-hybridized carbons (Fsp3) is 0.370. The normalized spacial score (nSPS) is 27.6. The van der Waals surface area contributed by atoms with Gasteiger partial charge in [-0.3, -0.25) is 4.98 Å². The first-order valence-electron chi connectivity index (χ1n) is 11.6. The van der Waals surface area contributed by atoms with Crippen LogP contribution in [0.4, 0.5) is 17.6 Å². The highest BCUT2D eigenvalue weighted by Crippen LogP contribution is 2.48. The van der Waals surface area contributed by atoms with Crippen LogP contribution in [0.15, 0.2) is 67.4 Å². The van der Waals surface area contributed by atoms with Gasteiger partial charge in [0.2, 0.25) is 0 Å². The summed E-state index contributed by atoms with van der Waals surface area (Å²) in [6.45, 7) is 5.86. The van der Waals surface area contributed by atoms with Crippen LogP contribution in [0.5, 0.6) is 0 Å². The Kier molecular flexibility index (Phi) is 5.73. The van der Waals surface area contributed by atoms with E-state index < -0.39 is 23.7 Å². The molecule has 3 aliphatic heterocycles. The SMILES string of the molecule is C=C[C@H]1C[N+]2(Cc3ccc(C(F)(F)F)c(F)c3)CC[C@H]1C[C@@H]2[C@@H](O)c1ccnc2ccccc12. The molecule has 2 bridgehead atoms. The van der Waals surface area contributed by atoms with Crippen molar-refractivity contribution in [2.75, 3.05) is 13.1 Å². The monoisotopic (exact) mass is 471 g/mol. The van der Waals surface area contributed by atoms with Crippen molar-refractivity contribution in [3.63, 3.8) is 0 Å². The van der Waals surface area contributed by atoms with Gasteiger partial charge in [-0.05, 0) is 35.7 Å². The van der Waals surface area contributed by atoms with Crippen LogP contribution >= 0.6 is 0 Å². The molecule has 0 saturated carbocycles. The predicted octanol–water partition coefficient (Wildman–Crippen LogP) is 6.04. The number of aromatic nitrogens is 1. The molecule has 1 aromatic heterocycles. The number of hydrogen-bond donors (Lipinski definition) is 1. The molecule has 178 valence electrons. The van der Waals surface area contributed by atoms with E-state index in [-0.39, 0.29) is 12.0 Å². The summed E-state index contributed by atoms with van der Waals surface area (Å²) in [5.41, 5.74) is 0.854. The molecule has 0 amide bonds. The molecule has 0 aliphatic carbocycles. The predicted molar refractivity (Wildman–Crippen MR) is 122 cm³/mol. The number of halogens is 4. The lowest BCUT2D eigenvalue weighted by atomic mass is 9.71. The molecule has 1 unspecified atom stereocenters. The number of nitrogens with zero attached hydrogens (tertiary/aromatic N) is 2. The third kappa shape index (κ3) is 3.91. The van der Waals surface area contributed by atoms with Crippen LogP contribution < -0.4 is 0 Å². The minimum absolute atomic E-state index is 0.161.